The molecule has 2 aromatic rings. The first-order valence-corrected chi connectivity index (χ1v) is 20.1. The molecule has 11 heteroatoms. The fourth-order valence-corrected chi connectivity index (χ4v) is 9.38. The number of nitrogens with zero attached hydrogens (tertiary/aromatic N) is 3. The van der Waals surface area contributed by atoms with Crippen LogP contribution in [0.15, 0.2) is 12.1 Å². The minimum absolute atomic E-state index is 0.0401. The minimum atomic E-state index is -0.872. The number of rotatable bonds is 18. The van der Waals surface area contributed by atoms with E-state index in [4.69, 9.17) is 14.2 Å². The first-order valence-electron chi connectivity index (χ1n) is 20.1. The molecule has 3 heterocycles. The molecule has 0 radical (unpaired) electrons. The number of likely N-dealkylation sites (N-methyl/N-ethyl adjacent to an activating group) is 1. The van der Waals surface area contributed by atoms with Crippen LogP contribution in [-0.2, 0) is 27.2 Å². The van der Waals surface area contributed by atoms with Gasteiger partial charge in [-0.3, -0.25) is 14.6 Å². The Hall–Kier alpha value is -4.01. The van der Waals surface area contributed by atoms with Crippen molar-refractivity contribution in [2.45, 2.75) is 154 Å². The highest BCUT2D eigenvalue weighted by molar-refractivity contribution is 5.84. The summed E-state index contributed by atoms with van der Waals surface area (Å²) >= 11 is 0. The molecule has 0 spiro atoms. The van der Waals surface area contributed by atoms with E-state index >= 15 is 0 Å². The first-order chi connectivity index (χ1) is 26.0. The van der Waals surface area contributed by atoms with Crippen molar-refractivity contribution < 1.29 is 34.0 Å². The second-order valence-electron chi connectivity index (χ2n) is 15.7. The van der Waals surface area contributed by atoms with Crippen molar-refractivity contribution in [2.24, 2.45) is 0 Å². The predicted octanol–water partition coefficient (Wildman–Crippen LogP) is 7.25. The Balaban J connectivity index is 1.30. The lowest BCUT2D eigenvalue weighted by atomic mass is 9.72. The molecule has 0 aliphatic carbocycles. The summed E-state index contributed by atoms with van der Waals surface area (Å²) in [7, 11) is 5.04. The van der Waals surface area contributed by atoms with Crippen molar-refractivity contribution in [1.29, 1.82) is 5.26 Å². The van der Waals surface area contributed by atoms with Crippen molar-refractivity contribution in [3.05, 3.63) is 45.5 Å². The maximum atomic E-state index is 13.5. The van der Waals surface area contributed by atoms with Crippen LogP contribution in [0.1, 0.15) is 136 Å². The summed E-state index contributed by atoms with van der Waals surface area (Å²) in [6.45, 7) is 7.48. The summed E-state index contributed by atoms with van der Waals surface area (Å²) in [6.07, 6.45) is 14.5. The molecule has 2 bridgehead atoms. The van der Waals surface area contributed by atoms with Crippen LogP contribution in [0, 0.1) is 25.2 Å². The molecular weight excluding hydrogens is 684 g/mol. The molecular formula is C43H62N4O7. The third-order valence-corrected chi connectivity index (χ3v) is 12.0. The fraction of sp³-hybridized carbons (Fsp3) is 0.651. The van der Waals surface area contributed by atoms with Crippen molar-refractivity contribution >= 4 is 11.9 Å². The number of piperazine rings is 1. The van der Waals surface area contributed by atoms with Crippen molar-refractivity contribution in [1.82, 2.24) is 15.1 Å². The Morgan fingerprint density at radius 1 is 0.870 bits per heavy atom. The van der Waals surface area contributed by atoms with Crippen LogP contribution >= 0.6 is 0 Å². The molecule has 5 rings (SSSR count). The van der Waals surface area contributed by atoms with Crippen LogP contribution in [0.4, 0.5) is 0 Å². The Bertz CT molecular complexity index is 1690. The van der Waals surface area contributed by atoms with E-state index < -0.39 is 24.1 Å². The molecule has 0 saturated carbocycles. The lowest BCUT2D eigenvalue weighted by Crippen LogP contribution is -2.68. The summed E-state index contributed by atoms with van der Waals surface area (Å²) < 4.78 is 17.2. The highest BCUT2D eigenvalue weighted by Gasteiger charge is 2.56. The van der Waals surface area contributed by atoms with Crippen LogP contribution in [-0.4, -0.2) is 83.9 Å². The van der Waals surface area contributed by atoms with Gasteiger partial charge in [-0.2, -0.15) is 5.26 Å². The highest BCUT2D eigenvalue weighted by atomic mass is 16.5. The van der Waals surface area contributed by atoms with Gasteiger partial charge < -0.3 is 29.7 Å². The number of nitrogens with one attached hydrogen (secondary N) is 1. The zero-order valence-electron chi connectivity index (χ0n) is 33.5. The number of amides is 1. The number of fused-ring (bicyclic) bond motifs is 7. The van der Waals surface area contributed by atoms with E-state index in [1.165, 1.54) is 58.5 Å². The summed E-state index contributed by atoms with van der Waals surface area (Å²) in [5, 5.41) is 36.9. The molecule has 3 aliphatic rings. The van der Waals surface area contributed by atoms with E-state index in [2.05, 4.69) is 34.2 Å². The summed E-state index contributed by atoms with van der Waals surface area (Å²) in [5.74, 6) is 0.0408. The van der Waals surface area contributed by atoms with Gasteiger partial charge in [0, 0.05) is 29.6 Å². The highest BCUT2D eigenvalue weighted by Crippen LogP contribution is 2.55. The number of phenolic OH excluding ortho intramolecular Hbond substituents is 2. The van der Waals surface area contributed by atoms with E-state index in [0.29, 0.717) is 36.3 Å². The third-order valence-electron chi connectivity index (χ3n) is 12.0. The van der Waals surface area contributed by atoms with Crippen LogP contribution in [0.5, 0.6) is 23.0 Å². The molecule has 1 fully saturated rings. The second kappa shape index (κ2) is 18.5. The van der Waals surface area contributed by atoms with Gasteiger partial charge in [0.1, 0.15) is 18.7 Å². The van der Waals surface area contributed by atoms with Gasteiger partial charge in [-0.15, -0.1) is 0 Å². The van der Waals surface area contributed by atoms with Crippen molar-refractivity contribution in [3.63, 3.8) is 0 Å². The Kier molecular flexibility index (Phi) is 14.1. The van der Waals surface area contributed by atoms with Crippen molar-refractivity contribution in [3.8, 4) is 29.1 Å². The van der Waals surface area contributed by atoms with Gasteiger partial charge in [-0.1, -0.05) is 83.3 Å². The largest absolute Gasteiger partial charge is 0.504 e. The standard InChI is InChI=1S/C43H62N4O7/c1-8-9-10-11-12-13-14-15-16-17-18-19-35(48)45-28(4)43(51)54-25-34-36-29(20-26(2)41(52-6)39(36)49)23-32-38-37-30(21-27(3)42(53-7)40(37)50)22-31(46(38)5)33(24-44)47(32)34/h20-21,28,31-34,38,49-50H,8-19,22-23,25H2,1-7H3,(H,45,48)/t28-,31+,32-,33-,34-,38+/m0/s1. The zero-order valence-corrected chi connectivity index (χ0v) is 33.5. The lowest BCUT2D eigenvalue weighted by molar-refractivity contribution is -0.152. The van der Waals surface area contributed by atoms with Crippen LogP contribution in [0.25, 0.3) is 0 Å². The van der Waals surface area contributed by atoms with E-state index in [-0.39, 0.29) is 42.1 Å². The summed E-state index contributed by atoms with van der Waals surface area (Å²) in [4.78, 5) is 30.5. The second-order valence-corrected chi connectivity index (χ2v) is 15.7. The molecule has 1 saturated heterocycles. The summed E-state index contributed by atoms with van der Waals surface area (Å²) in [5.41, 5.74) is 4.76. The van der Waals surface area contributed by atoms with Gasteiger partial charge in [-0.25, -0.2) is 4.79 Å². The number of carbonyl (C=O) groups excluding carboxylic acids is 2. The molecule has 11 nitrogen and oxygen atoms in total. The topological polar surface area (TPSA) is 145 Å². The van der Waals surface area contributed by atoms with E-state index in [9.17, 15) is 25.1 Å². The molecule has 0 aromatic heterocycles. The number of benzene rings is 2. The van der Waals surface area contributed by atoms with Crippen molar-refractivity contribution in [2.75, 3.05) is 27.9 Å². The van der Waals surface area contributed by atoms with Gasteiger partial charge in [0.05, 0.1) is 32.4 Å². The molecule has 0 unspecified atom stereocenters. The fourth-order valence-electron chi connectivity index (χ4n) is 9.38. The Morgan fingerprint density at radius 3 is 1.94 bits per heavy atom. The normalized spacial score (nSPS) is 22.3. The molecule has 296 valence electrons. The smallest absolute Gasteiger partial charge is 0.328 e. The third kappa shape index (κ3) is 8.45. The number of methoxy groups -OCH3 is 2. The number of esters is 1. The van der Waals surface area contributed by atoms with E-state index in [1.54, 1.807) is 14.0 Å². The molecule has 6 atom stereocenters. The number of aromatic hydroxyl groups is 2. The Morgan fingerprint density at radius 2 is 1.39 bits per heavy atom. The molecule has 54 heavy (non-hydrogen) atoms. The van der Waals surface area contributed by atoms with Gasteiger partial charge in [0.25, 0.3) is 0 Å². The van der Waals surface area contributed by atoms with E-state index in [0.717, 1.165) is 47.1 Å². The monoisotopic (exact) mass is 746 g/mol. The first kappa shape index (κ1) is 41.2. The SMILES string of the molecule is CCCCCCCCCCCCCC(=O)N[C@@H](C)C(=O)OC[C@H]1c2c(cc(C)c(OC)c2O)C[C@H]2[C@@H]3c4c(cc(C)c(OC)c4O)C[C@H]([C@H](C#N)N12)N3C. The lowest BCUT2D eigenvalue weighted by Gasteiger charge is -2.59. The number of unbranched alkanes of at least 4 members (excludes halogenated alkanes) is 10. The number of carbonyl (C=O) groups is 2. The maximum absolute atomic E-state index is 13.5. The number of aryl methyl sites for hydroxylation is 2. The predicted molar refractivity (Wildman–Crippen MR) is 208 cm³/mol. The van der Waals surface area contributed by atoms with Gasteiger partial charge >= 0.3 is 5.97 Å². The maximum Gasteiger partial charge on any atom is 0.328 e. The number of hydrogen-bond donors (Lipinski definition) is 3. The van der Waals surface area contributed by atoms with Gasteiger partial charge in [0.15, 0.2) is 23.0 Å². The number of ether oxygens (including phenoxy) is 3. The van der Waals surface area contributed by atoms with Crippen LogP contribution in [0.2, 0.25) is 0 Å². The average Bonchev–Trinajstić information content (AvgIpc) is 3.13. The zero-order chi connectivity index (χ0) is 39.1. The molecule has 3 aliphatic heterocycles. The van der Waals surface area contributed by atoms with Crippen LogP contribution < -0.4 is 14.8 Å². The number of nitriles is 1. The molecule has 3 N–H and O–H groups in total. The number of phenols is 2. The number of hydrogen-bond acceptors (Lipinski definition) is 10. The van der Waals surface area contributed by atoms with Gasteiger partial charge in [-0.05, 0) is 69.3 Å². The van der Waals surface area contributed by atoms with Gasteiger partial charge in [0.2, 0.25) is 5.91 Å². The quantitative estimate of drug-likeness (QED) is 0.105. The minimum Gasteiger partial charge on any atom is -0.504 e. The Labute approximate surface area is 321 Å². The molecule has 1 amide bonds. The van der Waals surface area contributed by atoms with E-state index in [1.807, 2.05) is 27.0 Å². The molecule has 2 aromatic carbocycles. The summed E-state index contributed by atoms with van der Waals surface area (Å²) in [6, 6.07) is 3.53. The average molecular weight is 747 g/mol. The van der Waals surface area contributed by atoms with Crippen LogP contribution in [0.3, 0.4) is 0 Å².